The van der Waals surface area contributed by atoms with Gasteiger partial charge in [-0.25, -0.2) is 4.98 Å². The molecule has 0 aromatic carbocycles. The van der Waals surface area contributed by atoms with Crippen molar-refractivity contribution >= 4 is 11.0 Å². The van der Waals surface area contributed by atoms with Crippen molar-refractivity contribution in [1.29, 1.82) is 0 Å². The molecule has 0 spiro atoms. The quantitative estimate of drug-likeness (QED) is 0.670. The first kappa shape index (κ1) is 9.03. The second-order valence-corrected chi connectivity index (χ2v) is 3.70. The van der Waals surface area contributed by atoms with Crippen LogP contribution in [0.4, 0.5) is 0 Å². The average Bonchev–Trinajstić information content (AvgIpc) is 2.76. The largest absolute Gasteiger partial charge is 0.261 e. The Labute approximate surface area is 92.4 Å². The predicted molar refractivity (Wildman–Crippen MR) is 61.9 cm³/mol. The van der Waals surface area contributed by atoms with Gasteiger partial charge in [0.1, 0.15) is 0 Å². The SMILES string of the molecule is Cc1cccnc1-c1cnc2[nH]ncc2c1. The zero-order chi connectivity index (χ0) is 11.0. The number of aromatic nitrogens is 4. The first-order valence-corrected chi connectivity index (χ1v) is 5.06. The van der Waals surface area contributed by atoms with Gasteiger partial charge in [-0.05, 0) is 24.6 Å². The number of hydrogen-bond donors (Lipinski definition) is 1. The van der Waals surface area contributed by atoms with Crippen LogP contribution in [-0.4, -0.2) is 20.2 Å². The molecule has 0 amide bonds. The van der Waals surface area contributed by atoms with Crippen LogP contribution >= 0.6 is 0 Å². The van der Waals surface area contributed by atoms with Crippen molar-refractivity contribution < 1.29 is 0 Å². The Morgan fingerprint density at radius 2 is 2.12 bits per heavy atom. The molecule has 0 aliphatic carbocycles. The Morgan fingerprint density at radius 3 is 3.00 bits per heavy atom. The summed E-state index contributed by atoms with van der Waals surface area (Å²) in [6.45, 7) is 2.04. The summed E-state index contributed by atoms with van der Waals surface area (Å²) in [5.74, 6) is 0. The number of pyridine rings is 2. The molecule has 0 fully saturated rings. The number of aromatic amines is 1. The van der Waals surface area contributed by atoms with Crippen molar-refractivity contribution in [3.05, 3.63) is 42.4 Å². The van der Waals surface area contributed by atoms with Crippen LogP contribution in [0.5, 0.6) is 0 Å². The van der Waals surface area contributed by atoms with Crippen LogP contribution in [0.15, 0.2) is 36.8 Å². The summed E-state index contributed by atoms with van der Waals surface area (Å²) in [7, 11) is 0. The highest BCUT2D eigenvalue weighted by molar-refractivity contribution is 5.79. The Bertz CT molecular complexity index is 642. The highest BCUT2D eigenvalue weighted by Gasteiger charge is 2.05. The van der Waals surface area contributed by atoms with Crippen molar-refractivity contribution in [2.24, 2.45) is 0 Å². The summed E-state index contributed by atoms with van der Waals surface area (Å²) >= 11 is 0. The molecule has 3 aromatic heterocycles. The number of hydrogen-bond acceptors (Lipinski definition) is 3. The van der Waals surface area contributed by atoms with Crippen LogP contribution in [0.3, 0.4) is 0 Å². The van der Waals surface area contributed by atoms with Crippen molar-refractivity contribution in [3.8, 4) is 11.3 Å². The number of H-pyrrole nitrogens is 1. The van der Waals surface area contributed by atoms with E-state index in [1.807, 2.05) is 31.3 Å². The van der Waals surface area contributed by atoms with Crippen LogP contribution in [0.1, 0.15) is 5.56 Å². The first-order chi connectivity index (χ1) is 7.84. The van der Waals surface area contributed by atoms with Gasteiger partial charge in [0, 0.05) is 23.3 Å². The lowest BCUT2D eigenvalue weighted by Gasteiger charge is -2.03. The minimum Gasteiger partial charge on any atom is -0.261 e. The number of aryl methyl sites for hydroxylation is 1. The minimum absolute atomic E-state index is 0.803. The summed E-state index contributed by atoms with van der Waals surface area (Å²) < 4.78 is 0. The summed E-state index contributed by atoms with van der Waals surface area (Å²) in [5, 5.41) is 7.78. The fraction of sp³-hybridized carbons (Fsp3) is 0.0833. The van der Waals surface area contributed by atoms with Gasteiger partial charge in [-0.1, -0.05) is 6.07 Å². The van der Waals surface area contributed by atoms with Gasteiger partial charge in [-0.2, -0.15) is 5.10 Å². The van der Waals surface area contributed by atoms with Gasteiger partial charge in [0.25, 0.3) is 0 Å². The van der Waals surface area contributed by atoms with E-state index in [1.54, 1.807) is 12.4 Å². The van der Waals surface area contributed by atoms with Gasteiger partial charge in [-0.15, -0.1) is 0 Å². The molecule has 3 heterocycles. The van der Waals surface area contributed by atoms with Crippen LogP contribution in [0.2, 0.25) is 0 Å². The van der Waals surface area contributed by atoms with Gasteiger partial charge in [0.2, 0.25) is 0 Å². The van der Waals surface area contributed by atoms with Gasteiger partial charge < -0.3 is 0 Å². The Hall–Kier alpha value is -2.23. The molecule has 0 atom stereocenters. The minimum atomic E-state index is 0.803. The fourth-order valence-electron chi connectivity index (χ4n) is 1.75. The lowest BCUT2D eigenvalue weighted by atomic mass is 10.1. The van der Waals surface area contributed by atoms with E-state index in [4.69, 9.17) is 0 Å². The smallest absolute Gasteiger partial charge is 0.155 e. The molecular formula is C12H10N4. The fourth-order valence-corrected chi connectivity index (χ4v) is 1.75. The number of nitrogens with zero attached hydrogens (tertiary/aromatic N) is 3. The van der Waals surface area contributed by atoms with Crippen molar-refractivity contribution in [2.45, 2.75) is 6.92 Å². The predicted octanol–water partition coefficient (Wildman–Crippen LogP) is 2.33. The molecule has 4 nitrogen and oxygen atoms in total. The molecule has 0 saturated heterocycles. The topological polar surface area (TPSA) is 54.5 Å². The molecule has 3 rings (SSSR count). The second-order valence-electron chi connectivity index (χ2n) is 3.70. The van der Waals surface area contributed by atoms with Crippen molar-refractivity contribution in [1.82, 2.24) is 20.2 Å². The van der Waals surface area contributed by atoms with E-state index < -0.39 is 0 Å². The molecule has 0 bridgehead atoms. The zero-order valence-electron chi connectivity index (χ0n) is 8.81. The molecule has 0 saturated carbocycles. The third kappa shape index (κ3) is 1.35. The van der Waals surface area contributed by atoms with Crippen molar-refractivity contribution in [2.75, 3.05) is 0 Å². The average molecular weight is 210 g/mol. The lowest BCUT2D eigenvalue weighted by molar-refractivity contribution is 1.10. The van der Waals surface area contributed by atoms with E-state index in [9.17, 15) is 0 Å². The maximum absolute atomic E-state index is 4.37. The summed E-state index contributed by atoms with van der Waals surface area (Å²) in [5.41, 5.74) is 3.94. The maximum Gasteiger partial charge on any atom is 0.155 e. The summed E-state index contributed by atoms with van der Waals surface area (Å²) in [6, 6.07) is 6.02. The first-order valence-electron chi connectivity index (χ1n) is 5.06. The normalized spacial score (nSPS) is 10.8. The van der Waals surface area contributed by atoms with Gasteiger partial charge in [-0.3, -0.25) is 10.1 Å². The lowest BCUT2D eigenvalue weighted by Crippen LogP contribution is -1.88. The number of nitrogens with one attached hydrogen (secondary N) is 1. The maximum atomic E-state index is 4.37. The molecule has 4 heteroatoms. The van der Waals surface area contributed by atoms with Gasteiger partial charge in [0.05, 0.1) is 11.9 Å². The van der Waals surface area contributed by atoms with E-state index in [0.29, 0.717) is 0 Å². The summed E-state index contributed by atoms with van der Waals surface area (Å²) in [4.78, 5) is 8.67. The molecule has 0 aliphatic rings. The standard InChI is InChI=1S/C12H10N4/c1-8-3-2-4-13-11(8)9-5-10-7-15-16-12(10)14-6-9/h2-7H,1H3,(H,14,15,16). The van der Waals surface area contributed by atoms with Crippen LogP contribution in [-0.2, 0) is 0 Å². The molecule has 78 valence electrons. The van der Waals surface area contributed by atoms with E-state index in [-0.39, 0.29) is 0 Å². The van der Waals surface area contributed by atoms with Crippen LogP contribution < -0.4 is 0 Å². The molecule has 3 aromatic rings. The van der Waals surface area contributed by atoms with E-state index in [2.05, 4.69) is 20.2 Å². The highest BCUT2D eigenvalue weighted by Crippen LogP contribution is 2.22. The van der Waals surface area contributed by atoms with E-state index >= 15 is 0 Å². The molecular weight excluding hydrogens is 200 g/mol. The number of fused-ring (bicyclic) bond motifs is 1. The van der Waals surface area contributed by atoms with Gasteiger partial charge in [0.15, 0.2) is 5.65 Å². The third-order valence-electron chi connectivity index (χ3n) is 2.57. The zero-order valence-corrected chi connectivity index (χ0v) is 8.81. The van der Waals surface area contributed by atoms with E-state index in [0.717, 1.165) is 27.9 Å². The molecule has 0 radical (unpaired) electrons. The molecule has 0 aliphatic heterocycles. The Morgan fingerprint density at radius 1 is 1.19 bits per heavy atom. The van der Waals surface area contributed by atoms with Crippen molar-refractivity contribution in [3.63, 3.8) is 0 Å². The highest BCUT2D eigenvalue weighted by atomic mass is 15.1. The van der Waals surface area contributed by atoms with Crippen LogP contribution in [0.25, 0.3) is 22.3 Å². The molecule has 16 heavy (non-hydrogen) atoms. The van der Waals surface area contributed by atoms with Gasteiger partial charge >= 0.3 is 0 Å². The molecule has 1 N–H and O–H groups in total. The third-order valence-corrected chi connectivity index (χ3v) is 2.57. The Balaban J connectivity index is 2.22. The van der Waals surface area contributed by atoms with Crippen LogP contribution in [0, 0.1) is 6.92 Å². The molecule has 0 unspecified atom stereocenters. The second kappa shape index (κ2) is 3.41. The summed E-state index contributed by atoms with van der Waals surface area (Å²) in [6.07, 6.45) is 5.38. The monoisotopic (exact) mass is 210 g/mol. The van der Waals surface area contributed by atoms with E-state index in [1.165, 1.54) is 0 Å². The number of rotatable bonds is 1. The Kier molecular flexibility index (Phi) is 1.93.